The lowest BCUT2D eigenvalue weighted by Gasteiger charge is -2.28. The van der Waals surface area contributed by atoms with E-state index in [0.29, 0.717) is 36.6 Å². The summed E-state index contributed by atoms with van der Waals surface area (Å²) in [7, 11) is 1.93. The van der Waals surface area contributed by atoms with Gasteiger partial charge in [0.05, 0.1) is 23.3 Å². The lowest BCUT2D eigenvalue weighted by Crippen LogP contribution is -2.36. The molecule has 1 aliphatic rings. The molecule has 6 rings (SSSR count). The van der Waals surface area contributed by atoms with Gasteiger partial charge in [0.15, 0.2) is 5.82 Å². The van der Waals surface area contributed by atoms with Gasteiger partial charge in [0.2, 0.25) is 0 Å². The molecule has 36 heavy (non-hydrogen) atoms. The molecule has 4 heterocycles. The Morgan fingerprint density at radius 1 is 1.11 bits per heavy atom. The van der Waals surface area contributed by atoms with E-state index in [4.69, 9.17) is 10.1 Å². The molecule has 0 saturated carbocycles. The van der Waals surface area contributed by atoms with Crippen molar-refractivity contribution in [3.05, 3.63) is 83.6 Å². The van der Waals surface area contributed by atoms with E-state index in [1.807, 2.05) is 58.5 Å². The van der Waals surface area contributed by atoms with Crippen molar-refractivity contribution in [2.24, 2.45) is 7.05 Å². The predicted octanol–water partition coefficient (Wildman–Crippen LogP) is 4.25. The Balaban J connectivity index is 1.41. The summed E-state index contributed by atoms with van der Waals surface area (Å²) < 4.78 is 17.4. The summed E-state index contributed by atoms with van der Waals surface area (Å²) in [5, 5.41) is 13.9. The Hall–Kier alpha value is -4.40. The smallest absolute Gasteiger partial charge is 0.254 e. The molecule has 5 aromatic rings. The Morgan fingerprint density at radius 2 is 1.92 bits per heavy atom. The van der Waals surface area contributed by atoms with Gasteiger partial charge in [-0.2, -0.15) is 5.10 Å². The topological polar surface area (TPSA) is 81.7 Å². The van der Waals surface area contributed by atoms with Crippen molar-refractivity contribution < 1.29 is 9.18 Å². The maximum Gasteiger partial charge on any atom is 0.254 e. The quantitative estimate of drug-likeness (QED) is 0.383. The number of halogens is 1. The third kappa shape index (κ3) is 3.64. The van der Waals surface area contributed by atoms with Crippen molar-refractivity contribution in [3.63, 3.8) is 0 Å². The highest BCUT2D eigenvalue weighted by Gasteiger charge is 2.30. The molecule has 0 radical (unpaired) electrons. The molecule has 0 spiro atoms. The Bertz CT molecular complexity index is 1600. The van der Waals surface area contributed by atoms with Crippen LogP contribution in [-0.2, 0) is 26.6 Å². The molecule has 0 bridgehead atoms. The first kappa shape index (κ1) is 22.1. The standard InChI is InChI=1S/C27H24FN7O/c1-3-34-16-29-31-26(34)25-21-15-35(13-12-24(21)33(2)32-25)27(36)20-14-23(17-8-10-18(28)11-9-17)30-22-7-5-4-6-19(20)22/h4-11,14,16H,3,12-13,15H2,1-2H3. The fraction of sp³-hybridized carbons (Fsp3) is 0.222. The first-order chi connectivity index (χ1) is 17.5. The molecule has 2 aromatic carbocycles. The van der Waals surface area contributed by atoms with Gasteiger partial charge in [-0.3, -0.25) is 9.48 Å². The Labute approximate surface area is 207 Å². The zero-order valence-corrected chi connectivity index (χ0v) is 20.0. The average molecular weight is 482 g/mol. The largest absolute Gasteiger partial charge is 0.334 e. The number of amides is 1. The van der Waals surface area contributed by atoms with Crippen LogP contribution in [0.5, 0.6) is 0 Å². The summed E-state index contributed by atoms with van der Waals surface area (Å²) in [6.07, 6.45) is 2.39. The van der Waals surface area contributed by atoms with E-state index in [0.717, 1.165) is 40.0 Å². The number of pyridine rings is 1. The highest BCUT2D eigenvalue weighted by atomic mass is 19.1. The van der Waals surface area contributed by atoms with Crippen LogP contribution >= 0.6 is 0 Å². The first-order valence-corrected chi connectivity index (χ1v) is 11.9. The number of aryl methyl sites for hydroxylation is 2. The van der Waals surface area contributed by atoms with E-state index in [2.05, 4.69) is 10.2 Å². The minimum Gasteiger partial charge on any atom is -0.334 e. The van der Waals surface area contributed by atoms with E-state index in [1.54, 1.807) is 18.5 Å². The van der Waals surface area contributed by atoms with Crippen molar-refractivity contribution >= 4 is 16.8 Å². The SMILES string of the molecule is CCn1cnnc1-c1nn(C)c2c1CN(C(=O)c1cc(-c3ccc(F)cc3)nc3ccccc13)CC2. The van der Waals surface area contributed by atoms with Crippen LogP contribution in [0.15, 0.2) is 60.9 Å². The second-order valence-electron chi connectivity index (χ2n) is 8.89. The third-order valence-electron chi connectivity index (χ3n) is 6.78. The number of rotatable bonds is 4. The van der Waals surface area contributed by atoms with Crippen LogP contribution in [0.25, 0.3) is 33.7 Å². The van der Waals surface area contributed by atoms with Gasteiger partial charge >= 0.3 is 0 Å². The molecule has 1 amide bonds. The van der Waals surface area contributed by atoms with Gasteiger partial charge in [0.1, 0.15) is 17.8 Å². The van der Waals surface area contributed by atoms with Crippen LogP contribution in [0.2, 0.25) is 0 Å². The number of carbonyl (C=O) groups is 1. The second kappa shape index (κ2) is 8.67. The molecule has 1 aliphatic heterocycles. The van der Waals surface area contributed by atoms with Crippen molar-refractivity contribution in [2.75, 3.05) is 6.54 Å². The lowest BCUT2D eigenvalue weighted by molar-refractivity contribution is 0.0735. The molecule has 0 aliphatic carbocycles. The van der Waals surface area contributed by atoms with E-state index in [-0.39, 0.29) is 11.7 Å². The summed E-state index contributed by atoms with van der Waals surface area (Å²) in [6, 6.07) is 15.6. The van der Waals surface area contributed by atoms with Gasteiger partial charge in [-0.05, 0) is 43.3 Å². The molecular weight excluding hydrogens is 457 g/mol. The summed E-state index contributed by atoms with van der Waals surface area (Å²) in [5.74, 6) is 0.317. The van der Waals surface area contributed by atoms with Crippen molar-refractivity contribution in [3.8, 4) is 22.8 Å². The second-order valence-corrected chi connectivity index (χ2v) is 8.89. The van der Waals surface area contributed by atoms with Crippen LogP contribution in [-0.4, -0.2) is 46.9 Å². The fourth-order valence-corrected chi connectivity index (χ4v) is 4.91. The molecule has 180 valence electrons. The molecule has 0 N–H and O–H groups in total. The molecule has 0 unspecified atom stereocenters. The molecule has 8 nitrogen and oxygen atoms in total. The number of aromatic nitrogens is 6. The summed E-state index contributed by atoms with van der Waals surface area (Å²) in [4.78, 5) is 20.6. The van der Waals surface area contributed by atoms with Gasteiger partial charge in [0, 0.05) is 48.8 Å². The van der Waals surface area contributed by atoms with E-state index >= 15 is 0 Å². The average Bonchev–Trinajstić information content (AvgIpc) is 3.51. The number of para-hydroxylation sites is 1. The maximum absolute atomic E-state index is 14.0. The zero-order valence-electron chi connectivity index (χ0n) is 20.0. The predicted molar refractivity (Wildman–Crippen MR) is 133 cm³/mol. The van der Waals surface area contributed by atoms with Crippen LogP contribution in [0.4, 0.5) is 4.39 Å². The van der Waals surface area contributed by atoms with Gasteiger partial charge in [-0.25, -0.2) is 9.37 Å². The number of hydrogen-bond donors (Lipinski definition) is 0. The maximum atomic E-state index is 14.0. The van der Waals surface area contributed by atoms with Crippen molar-refractivity contribution in [1.82, 2.24) is 34.4 Å². The minimum absolute atomic E-state index is 0.0747. The Morgan fingerprint density at radius 3 is 2.72 bits per heavy atom. The first-order valence-electron chi connectivity index (χ1n) is 11.9. The van der Waals surface area contributed by atoms with Gasteiger partial charge < -0.3 is 9.47 Å². The Kier molecular flexibility index (Phi) is 5.32. The van der Waals surface area contributed by atoms with Crippen LogP contribution in [0, 0.1) is 5.82 Å². The highest BCUT2D eigenvalue weighted by Crippen LogP contribution is 2.31. The molecule has 0 atom stereocenters. The van der Waals surface area contributed by atoms with E-state index in [1.165, 1.54) is 12.1 Å². The number of nitrogens with zero attached hydrogens (tertiary/aromatic N) is 7. The molecule has 9 heteroatoms. The van der Waals surface area contributed by atoms with Gasteiger partial charge in [0.25, 0.3) is 5.91 Å². The van der Waals surface area contributed by atoms with Crippen molar-refractivity contribution in [1.29, 1.82) is 0 Å². The summed E-state index contributed by atoms with van der Waals surface area (Å²) in [6.45, 7) is 3.76. The highest BCUT2D eigenvalue weighted by molar-refractivity contribution is 6.07. The lowest BCUT2D eigenvalue weighted by atomic mass is 10.0. The van der Waals surface area contributed by atoms with Gasteiger partial charge in [-0.1, -0.05) is 18.2 Å². The van der Waals surface area contributed by atoms with E-state index < -0.39 is 0 Å². The van der Waals surface area contributed by atoms with E-state index in [9.17, 15) is 9.18 Å². The third-order valence-corrected chi connectivity index (χ3v) is 6.78. The minimum atomic E-state index is -0.314. The molecule has 0 saturated heterocycles. The number of carbonyl (C=O) groups excluding carboxylic acids is 1. The fourth-order valence-electron chi connectivity index (χ4n) is 4.91. The monoisotopic (exact) mass is 481 g/mol. The van der Waals surface area contributed by atoms with Crippen LogP contribution < -0.4 is 0 Å². The summed E-state index contributed by atoms with van der Waals surface area (Å²) >= 11 is 0. The van der Waals surface area contributed by atoms with Crippen LogP contribution in [0.1, 0.15) is 28.5 Å². The molecule has 0 fully saturated rings. The molecule has 3 aromatic heterocycles. The summed E-state index contributed by atoms with van der Waals surface area (Å²) in [5.41, 5.74) is 5.54. The molecular formula is C27H24FN7O. The normalized spacial score (nSPS) is 13.2. The van der Waals surface area contributed by atoms with Crippen molar-refractivity contribution in [2.45, 2.75) is 26.4 Å². The van der Waals surface area contributed by atoms with Crippen LogP contribution in [0.3, 0.4) is 0 Å². The number of benzene rings is 2. The number of hydrogen-bond acceptors (Lipinski definition) is 5. The zero-order chi connectivity index (χ0) is 24.8. The van der Waals surface area contributed by atoms with Gasteiger partial charge in [-0.15, -0.1) is 10.2 Å². The number of fused-ring (bicyclic) bond motifs is 2.